The van der Waals surface area contributed by atoms with E-state index in [4.69, 9.17) is 4.74 Å². The van der Waals surface area contributed by atoms with Gasteiger partial charge in [0.05, 0.1) is 6.04 Å². The van der Waals surface area contributed by atoms with Crippen LogP contribution >= 0.6 is 0 Å². The SMILES string of the molecule is CC(C(=O)C(=O)OCc1ccccc1)N(C)C. The zero-order valence-electron chi connectivity index (χ0n) is 10.3. The third-order valence-electron chi connectivity index (χ3n) is 2.57. The van der Waals surface area contributed by atoms with E-state index in [2.05, 4.69) is 0 Å². The molecule has 0 N–H and O–H groups in total. The molecule has 0 bridgehead atoms. The summed E-state index contributed by atoms with van der Waals surface area (Å²) in [4.78, 5) is 24.7. The molecule has 1 aromatic rings. The first-order valence-electron chi connectivity index (χ1n) is 5.43. The predicted molar refractivity (Wildman–Crippen MR) is 64.4 cm³/mol. The van der Waals surface area contributed by atoms with Crippen LogP contribution in [0.1, 0.15) is 12.5 Å². The van der Waals surface area contributed by atoms with Crippen molar-refractivity contribution in [1.29, 1.82) is 0 Å². The van der Waals surface area contributed by atoms with Gasteiger partial charge in [0.2, 0.25) is 0 Å². The number of likely N-dealkylation sites (N-methyl/N-ethyl adjacent to an activating group) is 1. The summed E-state index contributed by atoms with van der Waals surface area (Å²) in [5.74, 6) is -1.30. The van der Waals surface area contributed by atoms with Crippen LogP contribution in [-0.4, -0.2) is 36.8 Å². The smallest absolute Gasteiger partial charge is 0.376 e. The number of carbonyl (C=O) groups is 2. The fraction of sp³-hybridized carbons (Fsp3) is 0.385. The van der Waals surface area contributed by atoms with Crippen molar-refractivity contribution >= 4 is 11.8 Å². The van der Waals surface area contributed by atoms with Gasteiger partial charge in [-0.1, -0.05) is 30.3 Å². The van der Waals surface area contributed by atoms with Crippen molar-refractivity contribution in [3.63, 3.8) is 0 Å². The second-order valence-corrected chi connectivity index (χ2v) is 4.07. The topological polar surface area (TPSA) is 46.6 Å². The Labute approximate surface area is 101 Å². The molecule has 0 aromatic heterocycles. The lowest BCUT2D eigenvalue weighted by Crippen LogP contribution is -2.38. The Bertz CT molecular complexity index is 387. The minimum absolute atomic E-state index is 0.131. The number of rotatable bonds is 5. The Morgan fingerprint density at radius 1 is 1.24 bits per heavy atom. The van der Waals surface area contributed by atoms with Crippen LogP contribution < -0.4 is 0 Å². The van der Waals surface area contributed by atoms with Crippen LogP contribution in [0.2, 0.25) is 0 Å². The maximum absolute atomic E-state index is 11.6. The van der Waals surface area contributed by atoms with Gasteiger partial charge in [-0.05, 0) is 26.6 Å². The number of ether oxygens (including phenoxy) is 1. The van der Waals surface area contributed by atoms with E-state index in [-0.39, 0.29) is 6.61 Å². The third-order valence-corrected chi connectivity index (χ3v) is 2.57. The van der Waals surface area contributed by atoms with Crippen LogP contribution in [0.15, 0.2) is 30.3 Å². The summed E-state index contributed by atoms with van der Waals surface area (Å²) in [6.45, 7) is 1.80. The second kappa shape index (κ2) is 6.15. The zero-order valence-corrected chi connectivity index (χ0v) is 10.3. The summed E-state index contributed by atoms with van der Waals surface area (Å²) < 4.78 is 4.95. The lowest BCUT2D eigenvalue weighted by molar-refractivity contribution is -0.156. The summed E-state index contributed by atoms with van der Waals surface area (Å²) in [6.07, 6.45) is 0. The highest BCUT2D eigenvalue weighted by Crippen LogP contribution is 2.02. The van der Waals surface area contributed by atoms with Gasteiger partial charge in [0, 0.05) is 0 Å². The summed E-state index contributed by atoms with van der Waals surface area (Å²) in [7, 11) is 3.49. The first-order valence-corrected chi connectivity index (χ1v) is 5.43. The highest BCUT2D eigenvalue weighted by atomic mass is 16.5. The van der Waals surface area contributed by atoms with E-state index in [9.17, 15) is 9.59 Å². The van der Waals surface area contributed by atoms with Crippen LogP contribution in [0, 0.1) is 0 Å². The first kappa shape index (κ1) is 13.4. The Hall–Kier alpha value is -1.68. The maximum Gasteiger partial charge on any atom is 0.376 e. The monoisotopic (exact) mass is 235 g/mol. The average molecular weight is 235 g/mol. The molecule has 1 unspecified atom stereocenters. The molecule has 0 saturated heterocycles. The van der Waals surface area contributed by atoms with Crippen molar-refractivity contribution in [2.75, 3.05) is 14.1 Å². The van der Waals surface area contributed by atoms with Crippen molar-refractivity contribution in [2.24, 2.45) is 0 Å². The Balaban J connectivity index is 2.48. The second-order valence-electron chi connectivity index (χ2n) is 4.07. The molecule has 1 atom stereocenters. The van der Waals surface area contributed by atoms with Crippen LogP contribution in [0.5, 0.6) is 0 Å². The van der Waals surface area contributed by atoms with Crippen LogP contribution in [0.4, 0.5) is 0 Å². The minimum Gasteiger partial charge on any atom is -0.455 e. The van der Waals surface area contributed by atoms with Gasteiger partial charge < -0.3 is 4.74 Å². The van der Waals surface area contributed by atoms with Crippen molar-refractivity contribution in [3.8, 4) is 0 Å². The average Bonchev–Trinajstić information content (AvgIpc) is 2.35. The summed E-state index contributed by atoms with van der Waals surface area (Å²) in [6, 6.07) is 8.81. The maximum atomic E-state index is 11.6. The highest BCUT2D eigenvalue weighted by Gasteiger charge is 2.24. The van der Waals surface area contributed by atoms with Crippen molar-refractivity contribution < 1.29 is 14.3 Å². The minimum atomic E-state index is -0.782. The number of Topliss-reactive ketones (excluding diaryl/α,β-unsaturated/α-hetero) is 1. The van der Waals surface area contributed by atoms with E-state index in [0.29, 0.717) is 0 Å². The summed E-state index contributed by atoms with van der Waals surface area (Å²) in [5.41, 5.74) is 0.867. The molecule has 0 aliphatic heterocycles. The van der Waals surface area contributed by atoms with Crippen LogP contribution in [-0.2, 0) is 20.9 Å². The van der Waals surface area contributed by atoms with E-state index in [1.54, 1.807) is 25.9 Å². The molecular weight excluding hydrogens is 218 g/mol. The molecule has 1 rings (SSSR count). The highest BCUT2D eigenvalue weighted by molar-refractivity contribution is 6.35. The van der Waals surface area contributed by atoms with Gasteiger partial charge in [-0.2, -0.15) is 0 Å². The number of nitrogens with zero attached hydrogens (tertiary/aromatic N) is 1. The van der Waals surface area contributed by atoms with Crippen LogP contribution in [0.3, 0.4) is 0 Å². The van der Waals surface area contributed by atoms with Gasteiger partial charge >= 0.3 is 5.97 Å². The number of esters is 1. The van der Waals surface area contributed by atoms with E-state index in [0.717, 1.165) is 5.56 Å². The summed E-state index contributed by atoms with van der Waals surface area (Å²) >= 11 is 0. The predicted octanol–water partition coefficient (Wildman–Crippen LogP) is 1.25. The van der Waals surface area contributed by atoms with Crippen molar-refractivity contribution in [1.82, 2.24) is 4.90 Å². The van der Waals surface area contributed by atoms with E-state index >= 15 is 0 Å². The molecule has 17 heavy (non-hydrogen) atoms. The zero-order chi connectivity index (χ0) is 12.8. The number of hydrogen-bond donors (Lipinski definition) is 0. The third kappa shape index (κ3) is 4.00. The molecule has 1 aromatic carbocycles. The van der Waals surface area contributed by atoms with Crippen LogP contribution in [0.25, 0.3) is 0 Å². The fourth-order valence-electron chi connectivity index (χ4n) is 1.20. The first-order chi connectivity index (χ1) is 8.02. The Morgan fingerprint density at radius 3 is 2.35 bits per heavy atom. The largest absolute Gasteiger partial charge is 0.455 e. The molecule has 0 fully saturated rings. The molecule has 0 saturated carbocycles. The lowest BCUT2D eigenvalue weighted by Gasteiger charge is -2.17. The van der Waals surface area contributed by atoms with E-state index in [1.165, 1.54) is 0 Å². The Kier molecular flexibility index (Phi) is 4.84. The van der Waals surface area contributed by atoms with Gasteiger partial charge in [0.15, 0.2) is 0 Å². The normalized spacial score (nSPS) is 12.2. The molecule has 0 aliphatic carbocycles. The molecule has 4 nitrogen and oxygen atoms in total. The number of hydrogen-bond acceptors (Lipinski definition) is 4. The summed E-state index contributed by atoms with van der Waals surface area (Å²) in [5, 5.41) is 0. The number of benzene rings is 1. The van der Waals surface area contributed by atoms with Gasteiger partial charge in [-0.3, -0.25) is 9.69 Å². The molecule has 0 amide bonds. The quantitative estimate of drug-likeness (QED) is 0.569. The Morgan fingerprint density at radius 2 is 1.82 bits per heavy atom. The molecular formula is C13H17NO3. The molecule has 0 radical (unpaired) electrons. The number of ketones is 1. The van der Waals surface area contributed by atoms with Crippen molar-refractivity contribution in [3.05, 3.63) is 35.9 Å². The molecule has 0 spiro atoms. The van der Waals surface area contributed by atoms with E-state index < -0.39 is 17.8 Å². The standard InChI is InChI=1S/C13H17NO3/c1-10(14(2)3)12(15)13(16)17-9-11-7-5-4-6-8-11/h4-8,10H,9H2,1-3H3. The molecule has 0 heterocycles. The van der Waals surface area contributed by atoms with Gasteiger partial charge in [-0.25, -0.2) is 4.79 Å². The molecule has 92 valence electrons. The van der Waals surface area contributed by atoms with Gasteiger partial charge in [0.1, 0.15) is 6.61 Å². The molecule has 4 heteroatoms. The lowest BCUT2D eigenvalue weighted by atomic mass is 10.2. The number of carbonyl (C=O) groups excluding carboxylic acids is 2. The molecule has 0 aliphatic rings. The van der Waals surface area contributed by atoms with E-state index in [1.807, 2.05) is 30.3 Å². The van der Waals surface area contributed by atoms with Gasteiger partial charge in [0.25, 0.3) is 5.78 Å². The van der Waals surface area contributed by atoms with Gasteiger partial charge in [-0.15, -0.1) is 0 Å². The fourth-order valence-corrected chi connectivity index (χ4v) is 1.20. The van der Waals surface area contributed by atoms with Crippen molar-refractivity contribution in [2.45, 2.75) is 19.6 Å².